The zero-order chi connectivity index (χ0) is 23.2. The molecule has 0 radical (unpaired) electrons. The first-order valence-electron chi connectivity index (χ1n) is 11.0. The minimum Gasteiger partial charge on any atom is -0.497 e. The molecule has 0 bridgehead atoms. The Kier molecular flexibility index (Phi) is 4.69. The molecule has 0 aliphatic rings. The molecule has 0 atom stereocenters. The Morgan fingerprint density at radius 1 is 0.676 bits per heavy atom. The lowest BCUT2D eigenvalue weighted by Gasteiger charge is -2.12. The SMILES string of the molecule is COc1cccc(-c2nc3c4ccccc4c4cc(F)ccc4n3c2-c2cccc(OC)c2)c1. The van der Waals surface area contributed by atoms with E-state index in [-0.39, 0.29) is 5.82 Å². The number of hydrogen-bond donors (Lipinski definition) is 0. The van der Waals surface area contributed by atoms with Gasteiger partial charge in [0, 0.05) is 21.9 Å². The van der Waals surface area contributed by atoms with E-state index in [1.165, 1.54) is 6.07 Å². The van der Waals surface area contributed by atoms with E-state index < -0.39 is 0 Å². The number of rotatable bonds is 4. The summed E-state index contributed by atoms with van der Waals surface area (Å²) in [5.74, 6) is 1.23. The third kappa shape index (κ3) is 3.09. The van der Waals surface area contributed by atoms with Gasteiger partial charge in [0.05, 0.1) is 31.1 Å². The summed E-state index contributed by atoms with van der Waals surface area (Å²) in [6.07, 6.45) is 0. The van der Waals surface area contributed by atoms with Gasteiger partial charge in [0.1, 0.15) is 23.0 Å². The molecule has 2 heterocycles. The number of hydrogen-bond acceptors (Lipinski definition) is 3. The fourth-order valence-corrected chi connectivity index (χ4v) is 4.68. The molecule has 0 saturated carbocycles. The van der Waals surface area contributed by atoms with Gasteiger partial charge in [0.2, 0.25) is 0 Å². The number of nitrogens with zero attached hydrogens (tertiary/aromatic N) is 2. The van der Waals surface area contributed by atoms with Crippen molar-refractivity contribution in [3.63, 3.8) is 0 Å². The third-order valence-electron chi connectivity index (χ3n) is 6.22. The van der Waals surface area contributed by atoms with E-state index in [0.29, 0.717) is 0 Å². The van der Waals surface area contributed by atoms with Crippen molar-refractivity contribution in [2.24, 2.45) is 0 Å². The highest BCUT2D eigenvalue weighted by Crippen LogP contribution is 2.40. The molecule has 6 aromatic rings. The van der Waals surface area contributed by atoms with Gasteiger partial charge >= 0.3 is 0 Å². The van der Waals surface area contributed by atoms with Crippen molar-refractivity contribution in [2.75, 3.05) is 14.2 Å². The van der Waals surface area contributed by atoms with E-state index in [0.717, 1.165) is 61.3 Å². The van der Waals surface area contributed by atoms with Crippen LogP contribution in [0, 0.1) is 5.82 Å². The number of aromatic nitrogens is 2. The molecular formula is C29H21FN2O2. The maximum Gasteiger partial charge on any atom is 0.146 e. The van der Waals surface area contributed by atoms with Gasteiger partial charge in [-0.25, -0.2) is 9.37 Å². The summed E-state index contributed by atoms with van der Waals surface area (Å²) in [4.78, 5) is 5.16. The van der Waals surface area contributed by atoms with Crippen molar-refractivity contribution in [3.05, 3.63) is 96.8 Å². The molecule has 0 unspecified atom stereocenters. The largest absolute Gasteiger partial charge is 0.497 e. The van der Waals surface area contributed by atoms with E-state index in [1.807, 2.05) is 78.9 Å². The van der Waals surface area contributed by atoms with E-state index in [1.54, 1.807) is 20.3 Å². The molecule has 5 heteroatoms. The van der Waals surface area contributed by atoms with E-state index in [2.05, 4.69) is 4.40 Å². The molecule has 0 aliphatic carbocycles. The second kappa shape index (κ2) is 7.89. The Labute approximate surface area is 195 Å². The molecule has 34 heavy (non-hydrogen) atoms. The van der Waals surface area contributed by atoms with Crippen LogP contribution in [0.2, 0.25) is 0 Å². The van der Waals surface area contributed by atoms with Gasteiger partial charge in [-0.15, -0.1) is 0 Å². The minimum absolute atomic E-state index is 0.270. The predicted molar refractivity (Wildman–Crippen MR) is 134 cm³/mol. The van der Waals surface area contributed by atoms with Crippen LogP contribution in [0.4, 0.5) is 4.39 Å². The first kappa shape index (κ1) is 20.2. The van der Waals surface area contributed by atoms with Crippen LogP contribution in [0.1, 0.15) is 0 Å². The number of fused-ring (bicyclic) bond motifs is 6. The molecule has 4 nitrogen and oxygen atoms in total. The van der Waals surface area contributed by atoms with Crippen LogP contribution in [0.15, 0.2) is 91.0 Å². The predicted octanol–water partition coefficient (Wildman–Crippen LogP) is 7.13. The standard InChI is InChI=1S/C29H21FN2O2/c1-33-21-9-5-7-18(15-21)27-28(19-8-6-10-22(16-19)34-2)32-26-14-13-20(30)17-25(26)23-11-3-4-12-24(23)29(32)31-27/h3-17H,1-2H3. The average molecular weight is 448 g/mol. The summed E-state index contributed by atoms with van der Waals surface area (Å²) >= 11 is 0. The summed E-state index contributed by atoms with van der Waals surface area (Å²) in [6, 6.07) is 28.7. The fourth-order valence-electron chi connectivity index (χ4n) is 4.68. The first-order chi connectivity index (χ1) is 16.7. The van der Waals surface area contributed by atoms with E-state index >= 15 is 0 Å². The highest BCUT2D eigenvalue weighted by molar-refractivity contribution is 6.13. The maximum atomic E-state index is 14.4. The lowest BCUT2D eigenvalue weighted by molar-refractivity contribution is 0.415. The van der Waals surface area contributed by atoms with E-state index in [4.69, 9.17) is 14.5 Å². The highest BCUT2D eigenvalue weighted by Gasteiger charge is 2.21. The third-order valence-corrected chi connectivity index (χ3v) is 6.22. The Morgan fingerprint density at radius 3 is 2.09 bits per heavy atom. The molecule has 4 aromatic carbocycles. The van der Waals surface area contributed by atoms with Crippen molar-refractivity contribution in [1.82, 2.24) is 9.38 Å². The summed E-state index contributed by atoms with van der Waals surface area (Å²) in [5.41, 5.74) is 5.30. The fraction of sp³-hybridized carbons (Fsp3) is 0.0690. The van der Waals surface area contributed by atoms with Gasteiger partial charge in [-0.3, -0.25) is 4.40 Å². The molecule has 0 fully saturated rings. The maximum absolute atomic E-state index is 14.4. The molecule has 0 amide bonds. The second-order valence-electron chi connectivity index (χ2n) is 8.14. The molecule has 0 aliphatic heterocycles. The minimum atomic E-state index is -0.270. The average Bonchev–Trinajstić information content (AvgIpc) is 3.30. The monoisotopic (exact) mass is 448 g/mol. The summed E-state index contributed by atoms with van der Waals surface area (Å²) in [7, 11) is 3.31. The Hall–Kier alpha value is -4.38. The first-order valence-corrected chi connectivity index (χ1v) is 11.0. The van der Waals surface area contributed by atoms with Crippen molar-refractivity contribution >= 4 is 27.3 Å². The summed E-state index contributed by atoms with van der Waals surface area (Å²) in [6.45, 7) is 0. The van der Waals surface area contributed by atoms with Gasteiger partial charge in [0.15, 0.2) is 0 Å². The van der Waals surface area contributed by atoms with Gasteiger partial charge in [-0.05, 0) is 47.9 Å². The molecule has 166 valence electrons. The van der Waals surface area contributed by atoms with Crippen molar-refractivity contribution in [3.8, 4) is 34.0 Å². The highest BCUT2D eigenvalue weighted by atomic mass is 19.1. The zero-order valence-corrected chi connectivity index (χ0v) is 18.7. The van der Waals surface area contributed by atoms with Crippen LogP contribution in [-0.4, -0.2) is 23.6 Å². The van der Waals surface area contributed by atoms with Crippen LogP contribution in [0.25, 0.3) is 49.8 Å². The number of benzene rings is 4. The number of halogens is 1. The van der Waals surface area contributed by atoms with Gasteiger partial charge in [-0.2, -0.15) is 0 Å². The quantitative estimate of drug-likeness (QED) is 0.269. The van der Waals surface area contributed by atoms with Gasteiger partial charge in [0.25, 0.3) is 0 Å². The topological polar surface area (TPSA) is 35.8 Å². The molecule has 0 saturated heterocycles. The van der Waals surface area contributed by atoms with Crippen molar-refractivity contribution in [1.29, 1.82) is 0 Å². The second-order valence-corrected chi connectivity index (χ2v) is 8.14. The Bertz CT molecular complexity index is 1700. The number of pyridine rings is 1. The van der Waals surface area contributed by atoms with Gasteiger partial charge < -0.3 is 9.47 Å². The van der Waals surface area contributed by atoms with Crippen molar-refractivity contribution in [2.45, 2.75) is 0 Å². The van der Waals surface area contributed by atoms with Crippen LogP contribution in [-0.2, 0) is 0 Å². The lowest BCUT2D eigenvalue weighted by Crippen LogP contribution is -1.95. The molecule has 2 aromatic heterocycles. The summed E-state index contributed by atoms with van der Waals surface area (Å²) < 4.78 is 27.5. The Balaban J connectivity index is 1.84. The lowest BCUT2D eigenvalue weighted by atomic mass is 10.0. The number of methoxy groups -OCH3 is 2. The molecule has 6 rings (SSSR count). The molecule has 0 spiro atoms. The van der Waals surface area contributed by atoms with Crippen LogP contribution in [0.3, 0.4) is 0 Å². The van der Waals surface area contributed by atoms with Gasteiger partial charge in [-0.1, -0.05) is 48.5 Å². The normalized spacial score (nSPS) is 11.4. The van der Waals surface area contributed by atoms with Crippen LogP contribution in [0.5, 0.6) is 11.5 Å². The molecular weight excluding hydrogens is 427 g/mol. The zero-order valence-electron chi connectivity index (χ0n) is 18.7. The number of imidazole rings is 1. The molecule has 0 N–H and O–H groups in total. The number of ether oxygens (including phenoxy) is 2. The van der Waals surface area contributed by atoms with Crippen molar-refractivity contribution < 1.29 is 13.9 Å². The smallest absolute Gasteiger partial charge is 0.146 e. The Morgan fingerprint density at radius 2 is 1.35 bits per heavy atom. The van der Waals surface area contributed by atoms with E-state index in [9.17, 15) is 4.39 Å². The van der Waals surface area contributed by atoms with Crippen LogP contribution < -0.4 is 9.47 Å². The summed E-state index contributed by atoms with van der Waals surface area (Å²) in [5, 5.41) is 2.75. The van der Waals surface area contributed by atoms with Crippen LogP contribution >= 0.6 is 0 Å².